The molecule has 0 aromatic heterocycles. The maximum Gasteiger partial charge on any atom is 0.0444 e. The van der Waals surface area contributed by atoms with Gasteiger partial charge in [-0.05, 0) is 49.8 Å². The Morgan fingerprint density at radius 1 is 1.10 bits per heavy atom. The van der Waals surface area contributed by atoms with Crippen LogP contribution in [0.25, 0.3) is 0 Å². The molecule has 20 heavy (non-hydrogen) atoms. The van der Waals surface area contributed by atoms with Crippen LogP contribution in [0.4, 0.5) is 0 Å². The zero-order valence-corrected chi connectivity index (χ0v) is 13.9. The van der Waals surface area contributed by atoms with Crippen LogP contribution in [0.15, 0.2) is 24.3 Å². The fourth-order valence-corrected chi connectivity index (χ4v) is 4.90. The van der Waals surface area contributed by atoms with Crippen molar-refractivity contribution < 1.29 is 0 Å². The van der Waals surface area contributed by atoms with Gasteiger partial charge in [0.2, 0.25) is 0 Å². The van der Waals surface area contributed by atoms with E-state index in [1.165, 1.54) is 44.1 Å². The second-order valence-corrected chi connectivity index (χ2v) is 7.05. The molecular formula is C18H28ClN. The third-order valence-electron chi connectivity index (χ3n) is 4.95. The summed E-state index contributed by atoms with van der Waals surface area (Å²) in [4.78, 5) is 0. The summed E-state index contributed by atoms with van der Waals surface area (Å²) in [6.45, 7) is 5.65. The Balaban J connectivity index is 2.25. The topological polar surface area (TPSA) is 12.0 Å². The fraction of sp³-hybridized carbons (Fsp3) is 0.667. The van der Waals surface area contributed by atoms with Crippen LogP contribution in [-0.4, -0.2) is 13.6 Å². The van der Waals surface area contributed by atoms with Gasteiger partial charge in [-0.25, -0.2) is 0 Å². The number of halogens is 1. The number of hydrogen-bond acceptors (Lipinski definition) is 1. The largest absolute Gasteiger partial charge is 0.319 e. The summed E-state index contributed by atoms with van der Waals surface area (Å²) in [6.07, 6.45) is 7.86. The molecule has 1 aromatic carbocycles. The maximum atomic E-state index is 6.48. The lowest BCUT2D eigenvalue weighted by molar-refractivity contribution is 0.00395. The summed E-state index contributed by atoms with van der Waals surface area (Å²) in [6, 6.07) is 8.41. The standard InChI is InChI=1S/C18H28ClN/c1-4-10-17(11-5-2)12-18(13-17,14-20-3)15-8-6-7-9-16(15)19/h6-9,20H,4-5,10-14H2,1-3H3. The van der Waals surface area contributed by atoms with Crippen LogP contribution in [0.1, 0.15) is 57.9 Å². The first-order valence-corrected chi connectivity index (χ1v) is 8.39. The molecule has 1 aromatic rings. The highest BCUT2D eigenvalue weighted by molar-refractivity contribution is 6.31. The number of rotatable bonds is 7. The highest BCUT2D eigenvalue weighted by atomic mass is 35.5. The molecule has 0 heterocycles. The van der Waals surface area contributed by atoms with E-state index in [2.05, 4.69) is 38.3 Å². The molecule has 1 aliphatic rings. The summed E-state index contributed by atoms with van der Waals surface area (Å²) < 4.78 is 0. The molecule has 1 aliphatic carbocycles. The van der Waals surface area contributed by atoms with Crippen LogP contribution in [0.3, 0.4) is 0 Å². The second kappa shape index (κ2) is 6.49. The molecule has 0 atom stereocenters. The molecule has 1 fully saturated rings. The van der Waals surface area contributed by atoms with Crippen molar-refractivity contribution in [2.24, 2.45) is 5.41 Å². The van der Waals surface area contributed by atoms with Crippen molar-refractivity contribution in [3.8, 4) is 0 Å². The molecule has 0 amide bonds. The first kappa shape index (κ1) is 15.9. The lowest BCUT2D eigenvalue weighted by atomic mass is 9.48. The molecule has 2 rings (SSSR count). The van der Waals surface area contributed by atoms with E-state index in [9.17, 15) is 0 Å². The molecule has 2 heteroatoms. The van der Waals surface area contributed by atoms with E-state index in [4.69, 9.17) is 11.6 Å². The van der Waals surface area contributed by atoms with Gasteiger partial charge in [-0.1, -0.05) is 56.5 Å². The molecule has 0 unspecified atom stereocenters. The average Bonchev–Trinajstić information content (AvgIpc) is 2.38. The van der Waals surface area contributed by atoms with E-state index in [0.29, 0.717) is 5.41 Å². The summed E-state index contributed by atoms with van der Waals surface area (Å²) in [5.74, 6) is 0. The molecule has 0 radical (unpaired) electrons. The highest BCUT2D eigenvalue weighted by Crippen LogP contribution is 2.60. The van der Waals surface area contributed by atoms with Gasteiger partial charge >= 0.3 is 0 Å². The molecule has 0 aliphatic heterocycles. The quantitative estimate of drug-likeness (QED) is 0.730. The lowest BCUT2D eigenvalue weighted by Crippen LogP contribution is -2.54. The van der Waals surface area contributed by atoms with Crippen LogP contribution in [0.5, 0.6) is 0 Å². The summed E-state index contributed by atoms with van der Waals surface area (Å²) in [5.41, 5.74) is 2.15. The van der Waals surface area contributed by atoms with Crippen LogP contribution in [-0.2, 0) is 5.41 Å². The monoisotopic (exact) mass is 293 g/mol. The number of nitrogens with one attached hydrogen (secondary N) is 1. The van der Waals surface area contributed by atoms with Crippen molar-refractivity contribution >= 4 is 11.6 Å². The van der Waals surface area contributed by atoms with E-state index in [0.717, 1.165) is 11.6 Å². The van der Waals surface area contributed by atoms with Crippen molar-refractivity contribution in [3.05, 3.63) is 34.9 Å². The Bertz CT molecular complexity index is 427. The lowest BCUT2D eigenvalue weighted by Gasteiger charge is -2.58. The minimum atomic E-state index is 0.247. The highest BCUT2D eigenvalue weighted by Gasteiger charge is 2.54. The van der Waals surface area contributed by atoms with Crippen LogP contribution < -0.4 is 5.32 Å². The normalized spacial score (nSPS) is 19.6. The van der Waals surface area contributed by atoms with Gasteiger partial charge in [-0.15, -0.1) is 0 Å². The predicted molar refractivity (Wildman–Crippen MR) is 88.5 cm³/mol. The van der Waals surface area contributed by atoms with Gasteiger partial charge in [0, 0.05) is 17.0 Å². The van der Waals surface area contributed by atoms with Crippen molar-refractivity contribution in [2.45, 2.75) is 57.8 Å². The van der Waals surface area contributed by atoms with Gasteiger partial charge in [0.15, 0.2) is 0 Å². The Morgan fingerprint density at radius 2 is 1.70 bits per heavy atom. The molecule has 0 saturated heterocycles. The summed E-state index contributed by atoms with van der Waals surface area (Å²) >= 11 is 6.48. The Morgan fingerprint density at radius 3 is 2.20 bits per heavy atom. The third-order valence-corrected chi connectivity index (χ3v) is 5.28. The summed E-state index contributed by atoms with van der Waals surface area (Å²) in [5, 5.41) is 4.33. The molecule has 0 spiro atoms. The van der Waals surface area contributed by atoms with E-state index in [1.54, 1.807) is 0 Å². The molecule has 0 bridgehead atoms. The van der Waals surface area contributed by atoms with Crippen LogP contribution >= 0.6 is 11.6 Å². The maximum absolute atomic E-state index is 6.48. The van der Waals surface area contributed by atoms with Crippen molar-refractivity contribution in [1.82, 2.24) is 5.32 Å². The Hall–Kier alpha value is -0.530. The Kier molecular flexibility index (Phi) is 5.14. The number of likely N-dealkylation sites (N-methyl/N-ethyl adjacent to an activating group) is 1. The SMILES string of the molecule is CCCC1(CCC)CC(CNC)(c2ccccc2Cl)C1. The third kappa shape index (κ3) is 2.89. The molecule has 1 saturated carbocycles. The van der Waals surface area contributed by atoms with Crippen LogP contribution in [0.2, 0.25) is 5.02 Å². The fourth-order valence-electron chi connectivity index (χ4n) is 4.56. The zero-order valence-electron chi connectivity index (χ0n) is 13.1. The van der Waals surface area contributed by atoms with E-state index >= 15 is 0 Å². The number of hydrogen-bond donors (Lipinski definition) is 1. The molecule has 1 nitrogen and oxygen atoms in total. The smallest absolute Gasteiger partial charge is 0.0444 e. The van der Waals surface area contributed by atoms with Gasteiger partial charge in [-0.3, -0.25) is 0 Å². The van der Waals surface area contributed by atoms with Crippen molar-refractivity contribution in [1.29, 1.82) is 0 Å². The first-order chi connectivity index (χ1) is 9.61. The van der Waals surface area contributed by atoms with Gasteiger partial charge < -0.3 is 5.32 Å². The van der Waals surface area contributed by atoms with Crippen molar-refractivity contribution in [3.63, 3.8) is 0 Å². The van der Waals surface area contributed by atoms with Crippen molar-refractivity contribution in [2.75, 3.05) is 13.6 Å². The minimum absolute atomic E-state index is 0.247. The molecule has 112 valence electrons. The Labute approximate surface area is 129 Å². The second-order valence-electron chi connectivity index (χ2n) is 6.64. The minimum Gasteiger partial charge on any atom is -0.319 e. The van der Waals surface area contributed by atoms with Crippen LogP contribution in [0, 0.1) is 5.41 Å². The van der Waals surface area contributed by atoms with Gasteiger partial charge in [0.25, 0.3) is 0 Å². The van der Waals surface area contributed by atoms with Gasteiger partial charge in [0.1, 0.15) is 0 Å². The predicted octanol–water partition coefficient (Wildman–Crippen LogP) is 5.18. The first-order valence-electron chi connectivity index (χ1n) is 8.01. The molecular weight excluding hydrogens is 266 g/mol. The van der Waals surface area contributed by atoms with E-state index < -0.39 is 0 Å². The van der Waals surface area contributed by atoms with Gasteiger partial charge in [0.05, 0.1) is 0 Å². The summed E-state index contributed by atoms with van der Waals surface area (Å²) in [7, 11) is 2.05. The van der Waals surface area contributed by atoms with E-state index in [1.807, 2.05) is 12.1 Å². The van der Waals surface area contributed by atoms with E-state index in [-0.39, 0.29) is 5.41 Å². The average molecular weight is 294 g/mol. The molecule has 1 N–H and O–H groups in total. The van der Waals surface area contributed by atoms with Gasteiger partial charge in [-0.2, -0.15) is 0 Å². The number of benzene rings is 1. The zero-order chi connectivity index (χ0) is 14.6.